The van der Waals surface area contributed by atoms with Gasteiger partial charge in [0.15, 0.2) is 5.82 Å². The molecule has 24 heavy (non-hydrogen) atoms. The standard InChI is InChI=1S/C18H30N4O2/c1-13(24-15-8-6-4-5-7-9-15)18(23)21(2)12-16-19-20-17(22(16)3)14-10-11-14/h13-15H,4-12H2,1-3H3/t13-/m0/s1. The molecule has 1 aromatic heterocycles. The van der Waals surface area contributed by atoms with E-state index in [0.29, 0.717) is 12.5 Å². The van der Waals surface area contributed by atoms with Crippen LogP contribution >= 0.6 is 0 Å². The van der Waals surface area contributed by atoms with Crippen molar-refractivity contribution in [1.82, 2.24) is 19.7 Å². The SMILES string of the molecule is C[C@H](OC1CCCCCC1)C(=O)N(C)Cc1nnc(C2CC2)n1C. The Morgan fingerprint density at radius 1 is 1.21 bits per heavy atom. The van der Waals surface area contributed by atoms with E-state index in [9.17, 15) is 4.79 Å². The summed E-state index contributed by atoms with van der Waals surface area (Å²) < 4.78 is 8.08. The van der Waals surface area contributed by atoms with E-state index in [0.717, 1.165) is 24.5 Å². The molecule has 6 heteroatoms. The molecule has 2 fully saturated rings. The van der Waals surface area contributed by atoms with Gasteiger partial charge >= 0.3 is 0 Å². The number of rotatable bonds is 6. The molecule has 6 nitrogen and oxygen atoms in total. The molecule has 0 spiro atoms. The van der Waals surface area contributed by atoms with Gasteiger partial charge in [0.25, 0.3) is 5.91 Å². The Morgan fingerprint density at radius 3 is 2.50 bits per heavy atom. The summed E-state index contributed by atoms with van der Waals surface area (Å²) in [5, 5.41) is 8.55. The average molecular weight is 334 g/mol. The lowest BCUT2D eigenvalue weighted by Gasteiger charge is -2.25. The first-order chi connectivity index (χ1) is 11.6. The summed E-state index contributed by atoms with van der Waals surface area (Å²) in [7, 11) is 3.81. The summed E-state index contributed by atoms with van der Waals surface area (Å²) in [6.07, 6.45) is 9.40. The molecule has 0 radical (unpaired) electrons. The first-order valence-corrected chi connectivity index (χ1v) is 9.35. The van der Waals surface area contributed by atoms with E-state index in [1.54, 1.807) is 4.90 Å². The number of hydrogen-bond donors (Lipinski definition) is 0. The smallest absolute Gasteiger partial charge is 0.251 e. The van der Waals surface area contributed by atoms with Gasteiger partial charge in [-0.25, -0.2) is 0 Å². The van der Waals surface area contributed by atoms with E-state index < -0.39 is 6.10 Å². The lowest BCUT2D eigenvalue weighted by molar-refractivity contribution is -0.146. The van der Waals surface area contributed by atoms with Crippen LogP contribution in [0.5, 0.6) is 0 Å². The Bertz CT molecular complexity index is 559. The number of aromatic nitrogens is 3. The molecule has 0 aliphatic heterocycles. The van der Waals surface area contributed by atoms with Gasteiger partial charge in [-0.2, -0.15) is 0 Å². The predicted molar refractivity (Wildman–Crippen MR) is 91.5 cm³/mol. The van der Waals surface area contributed by atoms with E-state index in [1.807, 2.05) is 25.6 Å². The van der Waals surface area contributed by atoms with Crippen LogP contribution in [0.3, 0.4) is 0 Å². The van der Waals surface area contributed by atoms with Crippen molar-refractivity contribution in [1.29, 1.82) is 0 Å². The number of amides is 1. The molecule has 1 amide bonds. The minimum atomic E-state index is -0.394. The maximum atomic E-state index is 12.6. The van der Waals surface area contributed by atoms with Crippen molar-refractivity contribution in [2.75, 3.05) is 7.05 Å². The highest BCUT2D eigenvalue weighted by molar-refractivity contribution is 5.80. The van der Waals surface area contributed by atoms with E-state index in [1.165, 1.54) is 38.5 Å². The molecule has 0 unspecified atom stereocenters. The first-order valence-electron chi connectivity index (χ1n) is 9.35. The highest BCUT2D eigenvalue weighted by Gasteiger charge is 2.30. The Morgan fingerprint density at radius 2 is 1.88 bits per heavy atom. The zero-order chi connectivity index (χ0) is 17.1. The van der Waals surface area contributed by atoms with Gasteiger partial charge in [0, 0.05) is 20.0 Å². The van der Waals surface area contributed by atoms with Crippen LogP contribution in [0.2, 0.25) is 0 Å². The van der Waals surface area contributed by atoms with Crippen LogP contribution in [0, 0.1) is 0 Å². The van der Waals surface area contributed by atoms with Crippen LogP contribution < -0.4 is 0 Å². The summed E-state index contributed by atoms with van der Waals surface area (Å²) in [5.41, 5.74) is 0. The van der Waals surface area contributed by atoms with E-state index in [-0.39, 0.29) is 12.0 Å². The summed E-state index contributed by atoms with van der Waals surface area (Å²) in [6.45, 7) is 2.35. The van der Waals surface area contributed by atoms with Gasteiger partial charge in [-0.15, -0.1) is 10.2 Å². The Hall–Kier alpha value is -1.43. The Balaban J connectivity index is 1.53. The predicted octanol–water partition coefficient (Wildman–Crippen LogP) is 2.78. The zero-order valence-corrected chi connectivity index (χ0v) is 15.2. The topological polar surface area (TPSA) is 60.2 Å². The zero-order valence-electron chi connectivity index (χ0n) is 15.2. The number of likely N-dealkylation sites (N-methyl/N-ethyl adjacent to an activating group) is 1. The summed E-state index contributed by atoms with van der Waals surface area (Å²) in [5.74, 6) is 2.48. The van der Waals surface area contributed by atoms with Gasteiger partial charge < -0.3 is 14.2 Å². The fraction of sp³-hybridized carbons (Fsp3) is 0.833. The molecule has 1 aromatic rings. The number of hydrogen-bond acceptors (Lipinski definition) is 4. The van der Waals surface area contributed by atoms with Crippen molar-refractivity contribution in [3.63, 3.8) is 0 Å². The van der Waals surface area contributed by atoms with Gasteiger partial charge in [-0.3, -0.25) is 4.79 Å². The van der Waals surface area contributed by atoms with Crippen molar-refractivity contribution >= 4 is 5.91 Å². The van der Waals surface area contributed by atoms with Crippen LogP contribution in [-0.2, 0) is 23.1 Å². The molecule has 0 saturated heterocycles. The monoisotopic (exact) mass is 334 g/mol. The molecule has 2 aliphatic rings. The Labute approximate surface area is 144 Å². The molecule has 0 N–H and O–H groups in total. The van der Waals surface area contributed by atoms with Crippen LogP contribution in [0.1, 0.15) is 75.9 Å². The third-order valence-electron chi connectivity index (χ3n) is 5.24. The van der Waals surface area contributed by atoms with Gasteiger partial charge in [0.2, 0.25) is 0 Å². The van der Waals surface area contributed by atoms with Crippen molar-refractivity contribution in [2.24, 2.45) is 7.05 Å². The van der Waals surface area contributed by atoms with E-state index >= 15 is 0 Å². The minimum absolute atomic E-state index is 0.0234. The van der Waals surface area contributed by atoms with Gasteiger partial charge in [-0.05, 0) is 32.6 Å². The molecular formula is C18H30N4O2. The normalized spacial score (nSPS) is 20.6. The second kappa shape index (κ2) is 7.64. The summed E-state index contributed by atoms with van der Waals surface area (Å²) >= 11 is 0. The molecule has 2 aliphatic carbocycles. The quantitative estimate of drug-likeness (QED) is 0.751. The summed E-state index contributed by atoms with van der Waals surface area (Å²) in [6, 6.07) is 0. The number of carbonyl (C=O) groups excluding carboxylic acids is 1. The van der Waals surface area contributed by atoms with Crippen molar-refractivity contribution < 1.29 is 9.53 Å². The van der Waals surface area contributed by atoms with Crippen LogP contribution in [0.4, 0.5) is 0 Å². The van der Waals surface area contributed by atoms with Crippen LogP contribution in [0.25, 0.3) is 0 Å². The first kappa shape index (κ1) is 17.4. The molecular weight excluding hydrogens is 304 g/mol. The van der Waals surface area contributed by atoms with Gasteiger partial charge in [0.05, 0.1) is 12.6 Å². The second-order valence-corrected chi connectivity index (χ2v) is 7.39. The van der Waals surface area contributed by atoms with E-state index in [4.69, 9.17) is 4.74 Å². The van der Waals surface area contributed by atoms with Gasteiger partial charge in [-0.1, -0.05) is 25.7 Å². The number of nitrogens with zero attached hydrogens (tertiary/aromatic N) is 4. The highest BCUT2D eigenvalue weighted by Crippen LogP contribution is 2.38. The summed E-state index contributed by atoms with van der Waals surface area (Å²) in [4.78, 5) is 14.3. The number of ether oxygens (including phenoxy) is 1. The highest BCUT2D eigenvalue weighted by atomic mass is 16.5. The van der Waals surface area contributed by atoms with Crippen molar-refractivity contribution in [3.8, 4) is 0 Å². The maximum absolute atomic E-state index is 12.6. The molecule has 3 rings (SSSR count). The lowest BCUT2D eigenvalue weighted by Crippen LogP contribution is -2.38. The van der Waals surface area contributed by atoms with Gasteiger partial charge in [0.1, 0.15) is 11.9 Å². The molecule has 0 bridgehead atoms. The molecule has 1 atom stereocenters. The van der Waals surface area contributed by atoms with Crippen molar-refractivity contribution in [2.45, 2.75) is 83.0 Å². The molecule has 134 valence electrons. The third kappa shape index (κ3) is 4.15. The fourth-order valence-corrected chi connectivity index (χ4v) is 3.54. The molecule has 1 heterocycles. The maximum Gasteiger partial charge on any atom is 0.251 e. The second-order valence-electron chi connectivity index (χ2n) is 7.39. The Kier molecular flexibility index (Phi) is 5.54. The molecule has 2 saturated carbocycles. The van der Waals surface area contributed by atoms with Crippen molar-refractivity contribution in [3.05, 3.63) is 11.6 Å². The van der Waals surface area contributed by atoms with Crippen LogP contribution in [-0.4, -0.2) is 44.8 Å². The average Bonchev–Trinajstić information content (AvgIpc) is 3.37. The largest absolute Gasteiger partial charge is 0.365 e. The third-order valence-corrected chi connectivity index (χ3v) is 5.24. The molecule has 0 aromatic carbocycles. The van der Waals surface area contributed by atoms with E-state index in [2.05, 4.69) is 10.2 Å². The fourth-order valence-electron chi connectivity index (χ4n) is 3.54. The minimum Gasteiger partial charge on any atom is -0.365 e. The van der Waals surface area contributed by atoms with Crippen LogP contribution in [0.15, 0.2) is 0 Å². The number of carbonyl (C=O) groups is 1. The lowest BCUT2D eigenvalue weighted by atomic mass is 10.1.